The summed E-state index contributed by atoms with van der Waals surface area (Å²) in [6.45, 7) is 4.56. The zero-order valence-corrected chi connectivity index (χ0v) is 10.8. The van der Waals surface area contributed by atoms with Crippen LogP contribution < -0.4 is 5.32 Å². The minimum absolute atomic E-state index is 0.0437. The van der Waals surface area contributed by atoms with Gasteiger partial charge in [0.25, 0.3) is 0 Å². The quantitative estimate of drug-likeness (QED) is 0.829. The highest BCUT2D eigenvalue weighted by molar-refractivity contribution is 5.00. The number of morpholine rings is 1. The van der Waals surface area contributed by atoms with Crippen LogP contribution in [0.3, 0.4) is 0 Å². The third-order valence-corrected chi connectivity index (χ3v) is 3.66. The third kappa shape index (κ3) is 2.55. The van der Waals surface area contributed by atoms with Gasteiger partial charge in [-0.1, -0.05) is 5.16 Å². The molecule has 6 nitrogen and oxygen atoms in total. The van der Waals surface area contributed by atoms with Crippen molar-refractivity contribution in [2.75, 3.05) is 39.8 Å². The van der Waals surface area contributed by atoms with Gasteiger partial charge in [0.2, 0.25) is 11.7 Å². The smallest absolute Gasteiger partial charge is 0.231 e. The molecule has 100 valence electrons. The van der Waals surface area contributed by atoms with Crippen LogP contribution in [0.2, 0.25) is 0 Å². The van der Waals surface area contributed by atoms with Crippen molar-refractivity contribution in [3.05, 3.63) is 11.7 Å². The predicted octanol–water partition coefficient (Wildman–Crippen LogP) is 0.540. The Balaban J connectivity index is 1.68. The van der Waals surface area contributed by atoms with Crippen molar-refractivity contribution in [3.63, 3.8) is 0 Å². The highest BCUT2D eigenvalue weighted by atomic mass is 16.5. The van der Waals surface area contributed by atoms with E-state index in [4.69, 9.17) is 9.26 Å². The molecule has 0 aliphatic carbocycles. The lowest BCUT2D eigenvalue weighted by Crippen LogP contribution is -2.35. The molecule has 3 rings (SSSR count). The monoisotopic (exact) mass is 252 g/mol. The number of ether oxygens (including phenoxy) is 1. The van der Waals surface area contributed by atoms with E-state index in [1.165, 1.54) is 6.42 Å². The van der Waals surface area contributed by atoms with Gasteiger partial charge in [-0.2, -0.15) is 4.98 Å². The van der Waals surface area contributed by atoms with Gasteiger partial charge < -0.3 is 19.5 Å². The zero-order chi connectivity index (χ0) is 12.4. The lowest BCUT2D eigenvalue weighted by atomic mass is 10.00. The highest BCUT2D eigenvalue weighted by Crippen LogP contribution is 2.24. The van der Waals surface area contributed by atoms with Gasteiger partial charge in [-0.05, 0) is 26.4 Å². The second-order valence-electron chi connectivity index (χ2n) is 5.16. The SMILES string of the molecule is CN1CCOC(c2noc([C@H]3CCCNC3)n2)C1. The van der Waals surface area contributed by atoms with Crippen molar-refractivity contribution in [1.82, 2.24) is 20.4 Å². The molecule has 0 spiro atoms. The predicted molar refractivity (Wildman–Crippen MR) is 65.3 cm³/mol. The first-order chi connectivity index (χ1) is 8.83. The van der Waals surface area contributed by atoms with Crippen LogP contribution in [0.25, 0.3) is 0 Å². The van der Waals surface area contributed by atoms with Gasteiger partial charge in [0.1, 0.15) is 6.10 Å². The molecule has 6 heteroatoms. The highest BCUT2D eigenvalue weighted by Gasteiger charge is 2.27. The summed E-state index contributed by atoms with van der Waals surface area (Å²) in [7, 11) is 2.08. The first kappa shape index (κ1) is 12.1. The Kier molecular flexibility index (Phi) is 3.58. The van der Waals surface area contributed by atoms with E-state index in [-0.39, 0.29) is 6.10 Å². The Morgan fingerprint density at radius 1 is 1.44 bits per heavy atom. The molecule has 0 radical (unpaired) electrons. The summed E-state index contributed by atoms with van der Waals surface area (Å²) in [5.41, 5.74) is 0. The van der Waals surface area contributed by atoms with Crippen molar-refractivity contribution in [2.45, 2.75) is 24.9 Å². The Hall–Kier alpha value is -0.980. The van der Waals surface area contributed by atoms with Crippen molar-refractivity contribution < 1.29 is 9.26 Å². The summed E-state index contributed by atoms with van der Waals surface area (Å²) in [5.74, 6) is 1.82. The first-order valence-corrected chi connectivity index (χ1v) is 6.67. The van der Waals surface area contributed by atoms with Crippen LogP contribution in [0.4, 0.5) is 0 Å². The number of hydrogen-bond acceptors (Lipinski definition) is 6. The second-order valence-corrected chi connectivity index (χ2v) is 5.16. The fourth-order valence-electron chi connectivity index (χ4n) is 2.54. The van der Waals surface area contributed by atoms with Gasteiger partial charge in [-0.25, -0.2) is 0 Å². The number of piperidine rings is 1. The summed E-state index contributed by atoms with van der Waals surface area (Å²) >= 11 is 0. The standard InChI is InChI=1S/C12H20N4O2/c1-16-5-6-17-10(8-16)11-14-12(18-15-11)9-3-2-4-13-7-9/h9-10,13H,2-8H2,1H3/t9-,10?/m0/s1. The minimum Gasteiger partial charge on any atom is -0.367 e. The van der Waals surface area contributed by atoms with Gasteiger partial charge in [-0.15, -0.1) is 0 Å². The molecular formula is C12H20N4O2. The number of hydrogen-bond donors (Lipinski definition) is 1. The van der Waals surface area contributed by atoms with Gasteiger partial charge in [0.15, 0.2) is 0 Å². The molecule has 1 N–H and O–H groups in total. The summed E-state index contributed by atoms with van der Waals surface area (Å²) in [6, 6.07) is 0. The van der Waals surface area contributed by atoms with E-state index < -0.39 is 0 Å². The van der Waals surface area contributed by atoms with Crippen LogP contribution in [0.1, 0.15) is 36.6 Å². The van der Waals surface area contributed by atoms with E-state index in [1.54, 1.807) is 0 Å². The number of nitrogens with one attached hydrogen (secondary N) is 1. The number of rotatable bonds is 2. The molecule has 0 saturated carbocycles. The Labute approximate surface area is 107 Å². The molecule has 0 bridgehead atoms. The summed E-state index contributed by atoms with van der Waals surface area (Å²) in [5, 5.41) is 7.45. The van der Waals surface area contributed by atoms with Gasteiger partial charge in [0.05, 0.1) is 12.5 Å². The average Bonchev–Trinajstić information content (AvgIpc) is 2.89. The summed E-state index contributed by atoms with van der Waals surface area (Å²) in [6.07, 6.45) is 2.25. The Morgan fingerprint density at radius 2 is 2.39 bits per heavy atom. The second kappa shape index (κ2) is 5.34. The van der Waals surface area contributed by atoms with Crippen LogP contribution in [-0.2, 0) is 4.74 Å². The van der Waals surface area contributed by atoms with Crippen LogP contribution in [0.15, 0.2) is 4.52 Å². The van der Waals surface area contributed by atoms with E-state index in [0.29, 0.717) is 11.7 Å². The van der Waals surface area contributed by atoms with Crippen LogP contribution >= 0.6 is 0 Å². The zero-order valence-electron chi connectivity index (χ0n) is 10.8. The van der Waals surface area contributed by atoms with E-state index in [9.17, 15) is 0 Å². The van der Waals surface area contributed by atoms with Crippen molar-refractivity contribution >= 4 is 0 Å². The Bertz CT molecular complexity index is 389. The van der Waals surface area contributed by atoms with Crippen molar-refractivity contribution in [1.29, 1.82) is 0 Å². The molecule has 18 heavy (non-hydrogen) atoms. The molecule has 2 fully saturated rings. The molecule has 0 amide bonds. The molecule has 0 aromatic carbocycles. The van der Waals surface area contributed by atoms with Gasteiger partial charge >= 0.3 is 0 Å². The van der Waals surface area contributed by atoms with Gasteiger partial charge in [0, 0.05) is 19.6 Å². The molecule has 2 saturated heterocycles. The molecule has 3 heterocycles. The molecule has 2 aliphatic rings. The lowest BCUT2D eigenvalue weighted by Gasteiger charge is -2.27. The topological polar surface area (TPSA) is 63.4 Å². The first-order valence-electron chi connectivity index (χ1n) is 6.67. The maximum absolute atomic E-state index is 5.69. The summed E-state index contributed by atoms with van der Waals surface area (Å²) < 4.78 is 11.1. The number of nitrogens with zero attached hydrogens (tertiary/aromatic N) is 3. The molecule has 2 aliphatic heterocycles. The van der Waals surface area contributed by atoms with Crippen LogP contribution in [0.5, 0.6) is 0 Å². The third-order valence-electron chi connectivity index (χ3n) is 3.66. The molecular weight excluding hydrogens is 232 g/mol. The average molecular weight is 252 g/mol. The molecule has 2 atom stereocenters. The van der Waals surface area contributed by atoms with E-state index in [2.05, 4.69) is 27.4 Å². The van der Waals surface area contributed by atoms with Crippen molar-refractivity contribution in [2.24, 2.45) is 0 Å². The van der Waals surface area contributed by atoms with E-state index >= 15 is 0 Å². The lowest BCUT2D eigenvalue weighted by molar-refractivity contribution is -0.0264. The molecule has 1 unspecified atom stereocenters. The van der Waals surface area contributed by atoms with E-state index in [0.717, 1.165) is 45.1 Å². The fourth-order valence-corrected chi connectivity index (χ4v) is 2.54. The van der Waals surface area contributed by atoms with Crippen LogP contribution in [-0.4, -0.2) is 54.9 Å². The largest absolute Gasteiger partial charge is 0.367 e. The minimum atomic E-state index is -0.0437. The maximum atomic E-state index is 5.69. The maximum Gasteiger partial charge on any atom is 0.231 e. The normalized spacial score (nSPS) is 30.5. The number of likely N-dealkylation sites (N-methyl/N-ethyl adjacent to an activating group) is 1. The fraction of sp³-hybridized carbons (Fsp3) is 0.833. The number of aromatic nitrogens is 2. The molecule has 1 aromatic heterocycles. The Morgan fingerprint density at radius 3 is 3.17 bits per heavy atom. The van der Waals surface area contributed by atoms with E-state index in [1.807, 2.05) is 0 Å². The molecule has 1 aromatic rings. The van der Waals surface area contributed by atoms with Crippen molar-refractivity contribution in [3.8, 4) is 0 Å². The van der Waals surface area contributed by atoms with Gasteiger partial charge in [-0.3, -0.25) is 0 Å². The summed E-state index contributed by atoms with van der Waals surface area (Å²) in [4.78, 5) is 6.75. The van der Waals surface area contributed by atoms with Crippen LogP contribution in [0, 0.1) is 0 Å².